The molecule has 0 saturated heterocycles. The SMILES string of the molecule is CCCCCCCCCCCCCCCCCC(=O)OP(=O)(O)O.[CaH2].[CaH2].[CaH2].[Zn]. The molecule has 0 spiro atoms. The maximum absolute atomic E-state index is 11.1. The van der Waals surface area contributed by atoms with E-state index in [4.69, 9.17) is 9.79 Å². The molecule has 0 aromatic carbocycles. The average molecular weight is 556 g/mol. The fourth-order valence-electron chi connectivity index (χ4n) is 2.82. The Balaban J connectivity index is -0.000000441. The molecule has 0 bridgehead atoms. The summed E-state index contributed by atoms with van der Waals surface area (Å²) in [6, 6.07) is 0. The van der Waals surface area contributed by atoms with Crippen molar-refractivity contribution in [1.82, 2.24) is 0 Å². The normalized spacial score (nSPS) is 9.96. The van der Waals surface area contributed by atoms with Gasteiger partial charge in [-0.25, -0.2) is 4.57 Å². The van der Waals surface area contributed by atoms with Gasteiger partial charge in [0.05, 0.1) is 0 Å². The molecule has 5 nitrogen and oxygen atoms in total. The minimum atomic E-state index is -4.66. The zero-order chi connectivity index (χ0) is 18.1. The second-order valence-electron chi connectivity index (χ2n) is 6.65. The molecular formula is C18H43Ca3O5PZn. The van der Waals surface area contributed by atoms with Gasteiger partial charge in [-0.2, -0.15) is 0 Å². The largest absolute Gasteiger partial charge is 0 e. The minimum Gasteiger partial charge on any atom is 0 e. The molecule has 0 aromatic rings. The fourth-order valence-corrected chi connectivity index (χ4v) is 3.18. The van der Waals surface area contributed by atoms with Crippen molar-refractivity contribution in [3.63, 3.8) is 0 Å². The Kier molecular flexibility index (Phi) is 46.8. The molecular weight excluding hydrogens is 513 g/mol. The van der Waals surface area contributed by atoms with E-state index in [-0.39, 0.29) is 139 Å². The average Bonchev–Trinajstić information content (AvgIpc) is 2.49. The van der Waals surface area contributed by atoms with E-state index >= 15 is 0 Å². The molecule has 0 amide bonds. The molecule has 158 valence electrons. The summed E-state index contributed by atoms with van der Waals surface area (Å²) in [5.74, 6) is -0.807. The van der Waals surface area contributed by atoms with Crippen molar-refractivity contribution in [2.45, 2.75) is 110 Å². The summed E-state index contributed by atoms with van der Waals surface area (Å²) < 4.78 is 14.4. The first-order valence-electron chi connectivity index (χ1n) is 9.73. The fraction of sp³-hybridized carbons (Fsp3) is 0.944. The van der Waals surface area contributed by atoms with Crippen LogP contribution in [0.5, 0.6) is 0 Å². The molecule has 0 heterocycles. The summed E-state index contributed by atoms with van der Waals surface area (Å²) >= 11 is 0. The van der Waals surface area contributed by atoms with E-state index in [0.717, 1.165) is 12.8 Å². The quantitative estimate of drug-likeness (QED) is 0.164. The Morgan fingerprint density at radius 1 is 0.679 bits per heavy atom. The van der Waals surface area contributed by atoms with Gasteiger partial charge in [0, 0.05) is 25.9 Å². The number of unbranched alkanes of at least 4 members (excludes halogenated alkanes) is 14. The number of hydrogen-bond donors (Lipinski definition) is 2. The number of hydrogen-bond acceptors (Lipinski definition) is 3. The molecule has 2 N–H and O–H groups in total. The molecule has 0 aliphatic carbocycles. The monoisotopic (exact) mass is 554 g/mol. The van der Waals surface area contributed by atoms with Gasteiger partial charge < -0.3 is 4.52 Å². The second-order valence-corrected chi connectivity index (χ2v) is 7.82. The van der Waals surface area contributed by atoms with Crippen LogP contribution in [0, 0.1) is 0 Å². The van der Waals surface area contributed by atoms with Crippen molar-refractivity contribution in [2.24, 2.45) is 0 Å². The molecule has 0 saturated carbocycles. The van der Waals surface area contributed by atoms with Crippen molar-refractivity contribution in [3.8, 4) is 0 Å². The molecule has 0 unspecified atom stereocenters. The zero-order valence-electron chi connectivity index (χ0n) is 16.1. The van der Waals surface area contributed by atoms with Gasteiger partial charge in [0.1, 0.15) is 0 Å². The molecule has 0 aromatic heterocycles. The Morgan fingerprint density at radius 2 is 0.964 bits per heavy atom. The van der Waals surface area contributed by atoms with Crippen LogP contribution in [0.1, 0.15) is 110 Å². The van der Waals surface area contributed by atoms with Crippen LogP contribution >= 0.6 is 7.82 Å². The summed E-state index contributed by atoms with van der Waals surface area (Å²) in [6.45, 7) is 2.25. The van der Waals surface area contributed by atoms with Gasteiger partial charge in [-0.05, 0) is 6.42 Å². The maximum atomic E-state index is 11.1. The van der Waals surface area contributed by atoms with Crippen molar-refractivity contribution in [2.75, 3.05) is 0 Å². The Morgan fingerprint density at radius 3 is 1.25 bits per heavy atom. The first-order valence-corrected chi connectivity index (χ1v) is 11.3. The Bertz CT molecular complexity index is 360. The second kappa shape index (κ2) is 31.0. The number of carbonyl (C=O) groups excluding carboxylic acids is 1. The molecule has 0 atom stereocenters. The van der Waals surface area contributed by atoms with Crippen LogP contribution in [0.4, 0.5) is 0 Å². The van der Waals surface area contributed by atoms with Crippen LogP contribution in [-0.4, -0.2) is 129 Å². The molecule has 0 aliphatic rings. The third kappa shape index (κ3) is 37.3. The predicted octanol–water partition coefficient (Wildman–Crippen LogP) is 3.13. The number of carbonyl (C=O) groups is 1. The number of phosphoric ester groups is 1. The van der Waals surface area contributed by atoms with Crippen LogP contribution in [0.25, 0.3) is 0 Å². The molecule has 0 fully saturated rings. The standard InChI is InChI=1S/C18H37O5P.3Ca.Zn.6H/c1-2-3-4-5-6-7-8-9-10-11-12-13-14-15-16-17-18(19)23-24(20,21)22;;;;;;;;;;/h2-17H2,1H3,(H2,20,21,22);;;;;;;;;;. The zero-order valence-corrected chi connectivity index (χ0v) is 19.9. The van der Waals surface area contributed by atoms with E-state index in [9.17, 15) is 9.36 Å². The smallest absolute Gasteiger partial charge is 0 e. The summed E-state index contributed by atoms with van der Waals surface area (Å²) in [6.07, 6.45) is 18.7. The van der Waals surface area contributed by atoms with Crippen molar-refractivity contribution < 1.29 is 43.1 Å². The molecule has 0 rings (SSSR count). The maximum Gasteiger partial charge on any atom is 0 e. The Hall–Kier alpha value is 4.02. The molecule has 0 aliphatic heterocycles. The Labute approximate surface area is 275 Å². The van der Waals surface area contributed by atoms with Crippen LogP contribution in [0.3, 0.4) is 0 Å². The van der Waals surface area contributed by atoms with Crippen LogP contribution in [-0.2, 0) is 33.4 Å². The van der Waals surface area contributed by atoms with E-state index in [2.05, 4.69) is 11.4 Å². The molecule has 0 radical (unpaired) electrons. The predicted molar refractivity (Wildman–Crippen MR) is 123 cm³/mol. The third-order valence-corrected chi connectivity index (χ3v) is 4.65. The van der Waals surface area contributed by atoms with E-state index in [1.54, 1.807) is 0 Å². The van der Waals surface area contributed by atoms with E-state index < -0.39 is 13.8 Å². The van der Waals surface area contributed by atoms with Crippen LogP contribution in [0.15, 0.2) is 0 Å². The number of rotatable bonds is 17. The van der Waals surface area contributed by atoms with Crippen molar-refractivity contribution in [1.29, 1.82) is 0 Å². The minimum absolute atomic E-state index is 0. The van der Waals surface area contributed by atoms with Gasteiger partial charge in [-0.15, -0.1) is 0 Å². The van der Waals surface area contributed by atoms with Gasteiger partial charge in [0.15, 0.2) is 0 Å². The van der Waals surface area contributed by atoms with Crippen molar-refractivity contribution in [3.05, 3.63) is 0 Å². The van der Waals surface area contributed by atoms with E-state index in [1.807, 2.05) is 0 Å². The van der Waals surface area contributed by atoms with Crippen LogP contribution in [0.2, 0.25) is 0 Å². The first kappa shape index (κ1) is 42.2. The number of phosphoric acid groups is 1. The van der Waals surface area contributed by atoms with Crippen molar-refractivity contribution >= 4 is 127 Å². The van der Waals surface area contributed by atoms with Crippen LogP contribution < -0.4 is 0 Å². The van der Waals surface area contributed by atoms with Gasteiger partial charge in [-0.1, -0.05) is 96.8 Å². The van der Waals surface area contributed by atoms with Gasteiger partial charge in [0.25, 0.3) is 0 Å². The van der Waals surface area contributed by atoms with Gasteiger partial charge in [-0.3, -0.25) is 14.6 Å². The summed E-state index contributed by atoms with van der Waals surface area (Å²) in [4.78, 5) is 28.0. The van der Waals surface area contributed by atoms with E-state index in [1.165, 1.54) is 77.0 Å². The van der Waals surface area contributed by atoms with E-state index in [0.29, 0.717) is 6.42 Å². The van der Waals surface area contributed by atoms with Gasteiger partial charge in [0.2, 0.25) is 0 Å². The first-order chi connectivity index (χ1) is 11.5. The summed E-state index contributed by atoms with van der Waals surface area (Å²) in [5.41, 5.74) is 0. The summed E-state index contributed by atoms with van der Waals surface area (Å²) in [7, 11) is -4.66. The topological polar surface area (TPSA) is 83.8 Å². The third-order valence-electron chi connectivity index (χ3n) is 4.21. The molecule has 10 heteroatoms. The van der Waals surface area contributed by atoms with Gasteiger partial charge >= 0.3 is 127 Å². The molecule has 28 heavy (non-hydrogen) atoms. The summed E-state index contributed by atoms with van der Waals surface area (Å²) in [5, 5.41) is 0.